The molecule has 3 amide bonds. The zero-order valence-corrected chi connectivity index (χ0v) is 13.0. The Hall–Kier alpha value is -2.41. The topological polar surface area (TPSA) is 70.7 Å². The van der Waals surface area contributed by atoms with Crippen LogP contribution >= 0.6 is 0 Å². The molecule has 2 atom stereocenters. The van der Waals surface area contributed by atoms with Gasteiger partial charge in [-0.1, -0.05) is 12.1 Å². The molecular formula is C17H18FN3O3. The summed E-state index contributed by atoms with van der Waals surface area (Å²) in [6.07, 6.45) is 1.99. The Morgan fingerprint density at radius 3 is 2.96 bits per heavy atom. The normalized spacial score (nSPS) is 26.5. The van der Waals surface area contributed by atoms with Gasteiger partial charge in [-0.2, -0.15) is 0 Å². The number of hydrogen-bond acceptors (Lipinski definition) is 3. The predicted octanol–water partition coefficient (Wildman–Crippen LogP) is 1.45. The van der Waals surface area contributed by atoms with Crippen molar-refractivity contribution in [3.8, 4) is 0 Å². The van der Waals surface area contributed by atoms with E-state index in [0.717, 1.165) is 19.4 Å². The summed E-state index contributed by atoms with van der Waals surface area (Å²) in [6, 6.07) is 4.95. The number of ether oxygens (including phenoxy) is 1. The average Bonchev–Trinajstić information content (AvgIpc) is 3.16. The van der Waals surface area contributed by atoms with Crippen molar-refractivity contribution in [3.05, 3.63) is 46.9 Å². The van der Waals surface area contributed by atoms with E-state index in [1.807, 2.05) is 0 Å². The summed E-state index contributed by atoms with van der Waals surface area (Å²) in [7, 11) is 0. The number of urea groups is 1. The van der Waals surface area contributed by atoms with Gasteiger partial charge >= 0.3 is 6.03 Å². The van der Waals surface area contributed by atoms with Crippen molar-refractivity contribution in [2.45, 2.75) is 25.0 Å². The van der Waals surface area contributed by atoms with Gasteiger partial charge in [0.2, 0.25) is 0 Å². The quantitative estimate of drug-likeness (QED) is 0.881. The molecule has 7 heteroatoms. The largest absolute Gasteiger partial charge is 0.376 e. The first-order chi connectivity index (χ1) is 11.6. The molecule has 0 saturated carbocycles. The lowest BCUT2D eigenvalue weighted by molar-refractivity contribution is -0.127. The lowest BCUT2D eigenvalue weighted by Gasteiger charge is -2.25. The second-order valence-corrected chi connectivity index (χ2v) is 6.30. The smallest absolute Gasteiger partial charge is 0.319 e. The summed E-state index contributed by atoms with van der Waals surface area (Å²) in [5.41, 5.74) is 1.64. The number of nitrogens with one attached hydrogen (secondary N) is 2. The Balaban J connectivity index is 1.61. The molecule has 1 aromatic carbocycles. The van der Waals surface area contributed by atoms with E-state index in [1.54, 1.807) is 17.0 Å². The molecule has 2 N–H and O–H groups in total. The molecule has 0 spiro atoms. The fourth-order valence-corrected chi connectivity index (χ4v) is 3.55. The van der Waals surface area contributed by atoms with Crippen LogP contribution in [0.4, 0.5) is 9.18 Å². The van der Waals surface area contributed by atoms with Gasteiger partial charge in [0.15, 0.2) is 0 Å². The summed E-state index contributed by atoms with van der Waals surface area (Å²) >= 11 is 0. The fourth-order valence-electron chi connectivity index (χ4n) is 3.55. The summed E-state index contributed by atoms with van der Waals surface area (Å²) in [4.78, 5) is 26.5. The van der Waals surface area contributed by atoms with Crippen molar-refractivity contribution >= 4 is 11.9 Å². The van der Waals surface area contributed by atoms with Gasteiger partial charge in [-0.3, -0.25) is 4.79 Å². The third-order valence-electron chi connectivity index (χ3n) is 4.65. The number of carbonyl (C=O) groups is 2. The number of carbonyl (C=O) groups excluding carboxylic acids is 2. The highest BCUT2D eigenvalue weighted by molar-refractivity contribution is 6.01. The van der Waals surface area contributed by atoms with Crippen LogP contribution in [0, 0.1) is 5.82 Å². The van der Waals surface area contributed by atoms with Gasteiger partial charge in [-0.25, -0.2) is 9.18 Å². The number of hydrogen-bond donors (Lipinski definition) is 2. The van der Waals surface area contributed by atoms with Crippen molar-refractivity contribution < 1.29 is 18.7 Å². The number of halogens is 1. The number of rotatable bonds is 3. The molecule has 0 aliphatic carbocycles. The Morgan fingerprint density at radius 2 is 2.21 bits per heavy atom. The van der Waals surface area contributed by atoms with Gasteiger partial charge in [0, 0.05) is 13.2 Å². The van der Waals surface area contributed by atoms with Crippen LogP contribution in [0.2, 0.25) is 0 Å². The van der Waals surface area contributed by atoms with E-state index in [1.165, 1.54) is 12.1 Å². The standard InChI is InChI=1S/C17H18FN3O3/c18-11-4-1-3-10(7-11)15-14-13(19-17(23)20-15)9-21(16(14)22)8-12-5-2-6-24-12/h1,3-4,7,12,15H,2,5-6,8-9H2,(H2,19,20,23)/t12-,15+/m1/s1. The van der Waals surface area contributed by atoms with Gasteiger partial charge in [0.05, 0.1) is 30.0 Å². The monoisotopic (exact) mass is 331 g/mol. The SMILES string of the molecule is O=C1NC2=C(C(=O)N(C[C@H]3CCCO3)C2)[C@H](c2cccc(F)c2)N1. The number of nitrogens with zero attached hydrogens (tertiary/aromatic N) is 1. The van der Waals surface area contributed by atoms with E-state index in [-0.39, 0.29) is 18.0 Å². The molecule has 0 aromatic heterocycles. The highest BCUT2D eigenvalue weighted by Crippen LogP contribution is 2.33. The van der Waals surface area contributed by atoms with Crippen molar-refractivity contribution in [1.29, 1.82) is 0 Å². The van der Waals surface area contributed by atoms with E-state index in [0.29, 0.717) is 29.9 Å². The molecular weight excluding hydrogens is 313 g/mol. The summed E-state index contributed by atoms with van der Waals surface area (Å²) in [6.45, 7) is 1.59. The first-order valence-corrected chi connectivity index (χ1v) is 8.09. The highest BCUT2D eigenvalue weighted by atomic mass is 19.1. The Morgan fingerprint density at radius 1 is 1.33 bits per heavy atom. The number of benzene rings is 1. The van der Waals surface area contributed by atoms with E-state index in [2.05, 4.69) is 10.6 Å². The van der Waals surface area contributed by atoms with Crippen LogP contribution in [0.5, 0.6) is 0 Å². The van der Waals surface area contributed by atoms with Gasteiger partial charge < -0.3 is 20.3 Å². The average molecular weight is 331 g/mol. The van der Waals surface area contributed by atoms with Crippen molar-refractivity contribution in [2.24, 2.45) is 0 Å². The maximum absolute atomic E-state index is 13.6. The Bertz CT molecular complexity index is 728. The van der Waals surface area contributed by atoms with Crippen LogP contribution in [0.1, 0.15) is 24.4 Å². The van der Waals surface area contributed by atoms with Gasteiger partial charge in [0.25, 0.3) is 5.91 Å². The van der Waals surface area contributed by atoms with Crippen LogP contribution in [0.15, 0.2) is 35.5 Å². The molecule has 3 heterocycles. The van der Waals surface area contributed by atoms with Crippen molar-refractivity contribution in [1.82, 2.24) is 15.5 Å². The highest BCUT2D eigenvalue weighted by Gasteiger charge is 2.41. The van der Waals surface area contributed by atoms with Gasteiger partial charge in [0.1, 0.15) is 5.82 Å². The van der Waals surface area contributed by atoms with Crippen molar-refractivity contribution in [3.63, 3.8) is 0 Å². The van der Waals surface area contributed by atoms with Crippen molar-refractivity contribution in [2.75, 3.05) is 19.7 Å². The second kappa shape index (κ2) is 5.90. The van der Waals surface area contributed by atoms with Crippen LogP contribution in [-0.4, -0.2) is 42.6 Å². The van der Waals surface area contributed by atoms with E-state index in [9.17, 15) is 14.0 Å². The molecule has 3 aliphatic heterocycles. The Labute approximate surface area is 138 Å². The lowest BCUT2D eigenvalue weighted by atomic mass is 9.96. The second-order valence-electron chi connectivity index (χ2n) is 6.30. The molecule has 6 nitrogen and oxygen atoms in total. The third-order valence-corrected chi connectivity index (χ3v) is 4.65. The molecule has 126 valence electrons. The Kier molecular flexibility index (Phi) is 3.72. The summed E-state index contributed by atoms with van der Waals surface area (Å²) in [5, 5.41) is 5.43. The fraction of sp³-hybridized carbons (Fsp3) is 0.412. The van der Waals surface area contributed by atoms with Crippen LogP contribution in [-0.2, 0) is 9.53 Å². The van der Waals surface area contributed by atoms with Crippen LogP contribution < -0.4 is 10.6 Å². The first-order valence-electron chi connectivity index (χ1n) is 8.09. The first kappa shape index (κ1) is 15.1. The maximum Gasteiger partial charge on any atom is 0.319 e. The van der Waals surface area contributed by atoms with Crippen LogP contribution in [0.3, 0.4) is 0 Å². The zero-order valence-electron chi connectivity index (χ0n) is 13.0. The predicted molar refractivity (Wildman–Crippen MR) is 83.4 cm³/mol. The molecule has 3 aliphatic rings. The number of amides is 3. The maximum atomic E-state index is 13.6. The zero-order chi connectivity index (χ0) is 16.7. The molecule has 24 heavy (non-hydrogen) atoms. The molecule has 1 aromatic rings. The lowest BCUT2D eigenvalue weighted by Crippen LogP contribution is -2.44. The molecule has 0 unspecified atom stereocenters. The molecule has 1 fully saturated rings. The minimum atomic E-state index is -0.633. The molecule has 0 bridgehead atoms. The molecule has 0 radical (unpaired) electrons. The molecule has 1 saturated heterocycles. The van der Waals surface area contributed by atoms with E-state index < -0.39 is 11.9 Å². The molecule has 4 rings (SSSR count). The van der Waals surface area contributed by atoms with Crippen LogP contribution in [0.25, 0.3) is 0 Å². The van der Waals surface area contributed by atoms with Gasteiger partial charge in [-0.15, -0.1) is 0 Å². The minimum Gasteiger partial charge on any atom is -0.376 e. The summed E-state index contributed by atoms with van der Waals surface area (Å²) in [5.74, 6) is -0.536. The van der Waals surface area contributed by atoms with E-state index in [4.69, 9.17) is 4.74 Å². The third kappa shape index (κ3) is 2.65. The van der Waals surface area contributed by atoms with Gasteiger partial charge in [-0.05, 0) is 30.5 Å². The summed E-state index contributed by atoms with van der Waals surface area (Å²) < 4.78 is 19.2. The van der Waals surface area contributed by atoms with E-state index >= 15 is 0 Å². The minimum absolute atomic E-state index is 0.0478.